The lowest BCUT2D eigenvalue weighted by Gasteiger charge is -2.12. The largest absolute Gasteiger partial charge is 0.396 e. The minimum absolute atomic E-state index is 0.704. The molecule has 0 aliphatic heterocycles. The molecule has 2 rings (SSSR count). The van der Waals surface area contributed by atoms with E-state index in [1.54, 1.807) is 0 Å². The zero-order valence-corrected chi connectivity index (χ0v) is 12.3. The number of likely N-dealkylation sites (N-methyl/N-ethyl adjacent to an activating group) is 1. The van der Waals surface area contributed by atoms with Gasteiger partial charge in [-0.3, -0.25) is 4.98 Å². The Morgan fingerprint density at radius 3 is 2.50 bits per heavy atom. The van der Waals surface area contributed by atoms with E-state index in [1.165, 1.54) is 5.56 Å². The molecule has 4 heteroatoms. The van der Waals surface area contributed by atoms with Crippen molar-refractivity contribution in [2.45, 2.75) is 20.3 Å². The lowest BCUT2D eigenvalue weighted by atomic mass is 10.1. The standard InChI is InChI=1S/C16H22N4/c1-11-10-15(16(17)12(2)19-11)20-14-6-4-13(5-7-14)8-9-18-3/h4-7,10,18H,8-9,17H2,1-3H3,(H,19,20). The molecule has 1 aromatic heterocycles. The molecule has 1 aromatic carbocycles. The molecule has 0 radical (unpaired) electrons. The molecule has 106 valence electrons. The average molecular weight is 270 g/mol. The van der Waals surface area contributed by atoms with Gasteiger partial charge >= 0.3 is 0 Å². The number of nitrogen functional groups attached to an aromatic ring is 1. The van der Waals surface area contributed by atoms with Gasteiger partial charge in [-0.1, -0.05) is 12.1 Å². The second-order valence-electron chi connectivity index (χ2n) is 4.99. The summed E-state index contributed by atoms with van der Waals surface area (Å²) in [5.41, 5.74) is 11.9. The molecule has 0 bridgehead atoms. The molecule has 0 fully saturated rings. The Hall–Kier alpha value is -2.07. The molecule has 0 aliphatic carbocycles. The van der Waals surface area contributed by atoms with Gasteiger partial charge in [0.1, 0.15) is 0 Å². The van der Waals surface area contributed by atoms with Gasteiger partial charge in [0.05, 0.1) is 17.1 Å². The van der Waals surface area contributed by atoms with Crippen LogP contribution in [0, 0.1) is 13.8 Å². The van der Waals surface area contributed by atoms with Crippen LogP contribution in [0.25, 0.3) is 0 Å². The van der Waals surface area contributed by atoms with Gasteiger partial charge in [0.25, 0.3) is 0 Å². The molecule has 0 spiro atoms. The zero-order chi connectivity index (χ0) is 14.5. The van der Waals surface area contributed by atoms with E-state index in [0.29, 0.717) is 5.69 Å². The Labute approximate surface area is 120 Å². The van der Waals surface area contributed by atoms with Crippen molar-refractivity contribution in [3.05, 3.63) is 47.3 Å². The van der Waals surface area contributed by atoms with E-state index in [-0.39, 0.29) is 0 Å². The van der Waals surface area contributed by atoms with Crippen LogP contribution in [0.15, 0.2) is 30.3 Å². The van der Waals surface area contributed by atoms with Crippen LogP contribution in [0.5, 0.6) is 0 Å². The number of nitrogens with two attached hydrogens (primary N) is 1. The summed E-state index contributed by atoms with van der Waals surface area (Å²) in [6.07, 6.45) is 1.03. The maximum atomic E-state index is 6.06. The van der Waals surface area contributed by atoms with Crippen molar-refractivity contribution in [3.8, 4) is 0 Å². The molecule has 0 saturated carbocycles. The van der Waals surface area contributed by atoms with Crippen molar-refractivity contribution < 1.29 is 0 Å². The first kappa shape index (κ1) is 14.3. The monoisotopic (exact) mass is 270 g/mol. The average Bonchev–Trinajstić information content (AvgIpc) is 2.43. The van der Waals surface area contributed by atoms with E-state index in [2.05, 4.69) is 39.9 Å². The Morgan fingerprint density at radius 2 is 1.85 bits per heavy atom. The third-order valence-corrected chi connectivity index (χ3v) is 3.27. The number of benzene rings is 1. The quantitative estimate of drug-likeness (QED) is 0.782. The summed E-state index contributed by atoms with van der Waals surface area (Å²) in [5.74, 6) is 0. The van der Waals surface area contributed by atoms with E-state index in [9.17, 15) is 0 Å². The van der Waals surface area contributed by atoms with Crippen molar-refractivity contribution in [2.24, 2.45) is 0 Å². The molecule has 0 amide bonds. The summed E-state index contributed by atoms with van der Waals surface area (Å²) in [6.45, 7) is 4.88. The van der Waals surface area contributed by atoms with Crippen molar-refractivity contribution >= 4 is 17.1 Å². The van der Waals surface area contributed by atoms with Crippen LogP contribution < -0.4 is 16.4 Å². The Morgan fingerprint density at radius 1 is 1.15 bits per heavy atom. The number of aryl methyl sites for hydroxylation is 2. The Bertz CT molecular complexity index is 576. The van der Waals surface area contributed by atoms with E-state index < -0.39 is 0 Å². The van der Waals surface area contributed by atoms with Gasteiger partial charge < -0.3 is 16.4 Å². The minimum atomic E-state index is 0.704. The SMILES string of the molecule is CNCCc1ccc(Nc2cc(C)nc(C)c2N)cc1. The van der Waals surface area contributed by atoms with Gasteiger partial charge in [-0.2, -0.15) is 0 Å². The van der Waals surface area contributed by atoms with Crippen LogP contribution in [0.4, 0.5) is 17.1 Å². The van der Waals surface area contributed by atoms with Crippen molar-refractivity contribution in [1.82, 2.24) is 10.3 Å². The van der Waals surface area contributed by atoms with Crippen molar-refractivity contribution in [2.75, 3.05) is 24.6 Å². The number of hydrogen-bond acceptors (Lipinski definition) is 4. The second-order valence-corrected chi connectivity index (χ2v) is 4.99. The number of nitrogens with zero attached hydrogens (tertiary/aromatic N) is 1. The smallest absolute Gasteiger partial charge is 0.0769 e. The lowest BCUT2D eigenvalue weighted by Crippen LogP contribution is -2.10. The number of nitrogens with one attached hydrogen (secondary N) is 2. The molecule has 0 unspecified atom stereocenters. The highest BCUT2D eigenvalue weighted by molar-refractivity contribution is 5.74. The lowest BCUT2D eigenvalue weighted by molar-refractivity contribution is 0.792. The molecule has 0 saturated heterocycles. The summed E-state index contributed by atoms with van der Waals surface area (Å²) in [7, 11) is 1.97. The second kappa shape index (κ2) is 6.39. The van der Waals surface area contributed by atoms with E-state index in [4.69, 9.17) is 5.73 Å². The fourth-order valence-electron chi connectivity index (χ4n) is 2.12. The van der Waals surface area contributed by atoms with E-state index in [0.717, 1.165) is 35.7 Å². The molecular formula is C16H22N4. The molecule has 1 heterocycles. The minimum Gasteiger partial charge on any atom is -0.396 e. The van der Waals surface area contributed by atoms with Gasteiger partial charge in [-0.25, -0.2) is 0 Å². The summed E-state index contributed by atoms with van der Waals surface area (Å²) in [6, 6.07) is 10.4. The predicted octanol–water partition coefficient (Wildman–Crippen LogP) is 2.79. The van der Waals surface area contributed by atoms with Crippen LogP contribution in [-0.4, -0.2) is 18.6 Å². The van der Waals surface area contributed by atoms with Gasteiger partial charge in [0.2, 0.25) is 0 Å². The summed E-state index contributed by atoms with van der Waals surface area (Å²) in [4.78, 5) is 4.35. The van der Waals surface area contributed by atoms with Crippen LogP contribution >= 0.6 is 0 Å². The van der Waals surface area contributed by atoms with Crippen LogP contribution in [-0.2, 0) is 6.42 Å². The van der Waals surface area contributed by atoms with Gasteiger partial charge in [0, 0.05) is 11.4 Å². The topological polar surface area (TPSA) is 63.0 Å². The third-order valence-electron chi connectivity index (χ3n) is 3.27. The zero-order valence-electron chi connectivity index (χ0n) is 12.3. The number of pyridine rings is 1. The number of anilines is 3. The fraction of sp³-hybridized carbons (Fsp3) is 0.312. The van der Waals surface area contributed by atoms with Crippen LogP contribution in [0.2, 0.25) is 0 Å². The Kier molecular flexibility index (Phi) is 4.58. The number of rotatable bonds is 5. The summed E-state index contributed by atoms with van der Waals surface area (Å²) >= 11 is 0. The maximum Gasteiger partial charge on any atom is 0.0769 e. The van der Waals surface area contributed by atoms with Gasteiger partial charge in [-0.05, 0) is 57.6 Å². The number of aromatic nitrogens is 1. The third kappa shape index (κ3) is 3.48. The molecule has 4 N–H and O–H groups in total. The van der Waals surface area contributed by atoms with Crippen molar-refractivity contribution in [3.63, 3.8) is 0 Å². The maximum absolute atomic E-state index is 6.06. The normalized spacial score (nSPS) is 10.6. The first-order valence-corrected chi connectivity index (χ1v) is 6.84. The molecule has 2 aromatic rings. The van der Waals surface area contributed by atoms with Gasteiger partial charge in [-0.15, -0.1) is 0 Å². The first-order chi connectivity index (χ1) is 9.60. The highest BCUT2D eigenvalue weighted by Crippen LogP contribution is 2.26. The molecular weight excluding hydrogens is 248 g/mol. The Balaban J connectivity index is 2.14. The molecule has 0 aliphatic rings. The molecule has 0 atom stereocenters. The first-order valence-electron chi connectivity index (χ1n) is 6.84. The van der Waals surface area contributed by atoms with E-state index in [1.807, 2.05) is 27.0 Å². The highest BCUT2D eigenvalue weighted by Gasteiger charge is 2.05. The van der Waals surface area contributed by atoms with Crippen molar-refractivity contribution in [1.29, 1.82) is 0 Å². The predicted molar refractivity (Wildman–Crippen MR) is 85.5 cm³/mol. The van der Waals surface area contributed by atoms with Crippen LogP contribution in [0.3, 0.4) is 0 Å². The van der Waals surface area contributed by atoms with Crippen LogP contribution in [0.1, 0.15) is 17.0 Å². The fourth-order valence-corrected chi connectivity index (χ4v) is 2.12. The molecule has 4 nitrogen and oxygen atoms in total. The highest BCUT2D eigenvalue weighted by atomic mass is 14.9. The number of hydrogen-bond donors (Lipinski definition) is 3. The summed E-state index contributed by atoms with van der Waals surface area (Å²) < 4.78 is 0. The van der Waals surface area contributed by atoms with E-state index >= 15 is 0 Å². The molecule has 20 heavy (non-hydrogen) atoms. The summed E-state index contributed by atoms with van der Waals surface area (Å²) in [5, 5.41) is 6.51. The van der Waals surface area contributed by atoms with Gasteiger partial charge in [0.15, 0.2) is 0 Å².